The number of hydrogen-bond donors (Lipinski definition) is 0. The molecule has 4 aromatic rings. The molecular formula is C28H20F6. The number of hydrogen-bond acceptors (Lipinski definition) is 0. The maximum absolute atomic E-state index is 13.2. The summed E-state index contributed by atoms with van der Waals surface area (Å²) in [4.78, 5) is 0. The van der Waals surface area contributed by atoms with Gasteiger partial charge in [0.2, 0.25) is 0 Å². The van der Waals surface area contributed by atoms with Crippen molar-refractivity contribution in [2.24, 2.45) is 0 Å². The lowest BCUT2D eigenvalue weighted by Crippen LogP contribution is -2.08. The molecule has 0 fully saturated rings. The Labute approximate surface area is 192 Å². The Balaban J connectivity index is 1.82. The largest absolute Gasteiger partial charge is 0.416 e. The molecule has 0 nitrogen and oxygen atoms in total. The lowest BCUT2D eigenvalue weighted by Gasteiger charge is -2.26. The summed E-state index contributed by atoms with van der Waals surface area (Å²) in [5.41, 5.74) is 3.56. The molecule has 6 heteroatoms. The van der Waals surface area contributed by atoms with Gasteiger partial charge in [-0.3, -0.25) is 0 Å². The van der Waals surface area contributed by atoms with Crippen molar-refractivity contribution in [3.8, 4) is 22.3 Å². The first-order chi connectivity index (χ1) is 16.1. The zero-order chi connectivity index (χ0) is 24.1. The fraction of sp³-hybridized carbons (Fsp3) is 0.214. The minimum Gasteiger partial charge on any atom is -0.166 e. The molecule has 174 valence electrons. The molecule has 0 saturated heterocycles. The van der Waals surface area contributed by atoms with Gasteiger partial charge in [0.1, 0.15) is 0 Å². The van der Waals surface area contributed by atoms with E-state index < -0.39 is 23.5 Å². The second-order valence-electron chi connectivity index (χ2n) is 8.61. The van der Waals surface area contributed by atoms with E-state index >= 15 is 0 Å². The van der Waals surface area contributed by atoms with E-state index in [9.17, 15) is 26.3 Å². The summed E-state index contributed by atoms with van der Waals surface area (Å²) in [6.07, 6.45) is -5.31. The predicted octanol–water partition coefficient (Wildman–Crippen LogP) is 9.09. The maximum atomic E-state index is 13.2. The summed E-state index contributed by atoms with van der Waals surface area (Å²) in [7, 11) is 0. The number of benzene rings is 4. The number of rotatable bonds is 2. The van der Waals surface area contributed by atoms with Gasteiger partial charge in [0.25, 0.3) is 0 Å². The van der Waals surface area contributed by atoms with Gasteiger partial charge in [0, 0.05) is 0 Å². The van der Waals surface area contributed by atoms with Gasteiger partial charge < -0.3 is 0 Å². The average Bonchev–Trinajstić information content (AvgIpc) is 2.82. The lowest BCUT2D eigenvalue weighted by atomic mass is 9.78. The van der Waals surface area contributed by atoms with Crippen LogP contribution in [0.15, 0.2) is 72.8 Å². The summed E-state index contributed by atoms with van der Waals surface area (Å²) in [5, 5.41) is 1.93. The Hall–Kier alpha value is -3.28. The third-order valence-electron chi connectivity index (χ3n) is 6.54. The molecular weight excluding hydrogens is 450 g/mol. The molecule has 1 aliphatic carbocycles. The number of alkyl halides is 6. The van der Waals surface area contributed by atoms with Crippen molar-refractivity contribution >= 4 is 10.8 Å². The van der Waals surface area contributed by atoms with Crippen LogP contribution in [0.3, 0.4) is 0 Å². The third kappa shape index (κ3) is 3.95. The van der Waals surface area contributed by atoms with Crippen molar-refractivity contribution in [1.29, 1.82) is 0 Å². The zero-order valence-corrected chi connectivity index (χ0v) is 18.0. The Morgan fingerprint density at radius 3 is 1.41 bits per heavy atom. The van der Waals surface area contributed by atoms with E-state index in [1.54, 1.807) is 0 Å². The molecule has 0 radical (unpaired) electrons. The first-order valence-electron chi connectivity index (χ1n) is 11.1. The van der Waals surface area contributed by atoms with Crippen molar-refractivity contribution in [3.05, 3.63) is 95.1 Å². The standard InChI is InChI=1S/C28H20F6/c29-27(30,31)19-13-9-17(10-14-19)25-23-7-3-1-5-21(23)22-6-2-4-8-24(22)26(25)18-11-15-20(16-12-18)28(32,33)34/h1,3,5,7,9-16H,2,4,6,8H2. The molecule has 5 rings (SSSR count). The summed E-state index contributed by atoms with van der Waals surface area (Å²) < 4.78 is 79.1. The van der Waals surface area contributed by atoms with Crippen molar-refractivity contribution in [2.75, 3.05) is 0 Å². The van der Waals surface area contributed by atoms with Crippen LogP contribution in [-0.4, -0.2) is 0 Å². The van der Waals surface area contributed by atoms with Crippen LogP contribution in [-0.2, 0) is 25.2 Å². The molecule has 1 aliphatic rings. The summed E-state index contributed by atoms with van der Waals surface area (Å²) >= 11 is 0. The van der Waals surface area contributed by atoms with Crippen LogP contribution in [0.1, 0.15) is 35.1 Å². The summed E-state index contributed by atoms with van der Waals surface area (Å²) in [6, 6.07) is 17.8. The minimum atomic E-state index is -4.45. The predicted molar refractivity (Wildman–Crippen MR) is 121 cm³/mol. The van der Waals surface area contributed by atoms with Crippen LogP contribution in [0.5, 0.6) is 0 Å². The van der Waals surface area contributed by atoms with E-state index in [4.69, 9.17) is 0 Å². The maximum Gasteiger partial charge on any atom is 0.416 e. The Morgan fingerprint density at radius 2 is 0.912 bits per heavy atom. The van der Waals surface area contributed by atoms with E-state index in [-0.39, 0.29) is 0 Å². The molecule has 0 unspecified atom stereocenters. The van der Waals surface area contributed by atoms with E-state index in [1.807, 2.05) is 24.3 Å². The quantitative estimate of drug-likeness (QED) is 0.256. The van der Waals surface area contributed by atoms with Crippen LogP contribution in [0.4, 0.5) is 26.3 Å². The van der Waals surface area contributed by atoms with Crippen LogP contribution in [0, 0.1) is 0 Å². The highest BCUT2D eigenvalue weighted by atomic mass is 19.4. The highest BCUT2D eigenvalue weighted by Gasteiger charge is 2.32. The van der Waals surface area contributed by atoms with Gasteiger partial charge in [-0.2, -0.15) is 26.3 Å². The van der Waals surface area contributed by atoms with Crippen LogP contribution in [0.25, 0.3) is 33.0 Å². The second kappa shape index (κ2) is 8.19. The van der Waals surface area contributed by atoms with Crippen LogP contribution >= 0.6 is 0 Å². The smallest absolute Gasteiger partial charge is 0.166 e. The molecule has 0 spiro atoms. The molecule has 0 N–H and O–H groups in total. The van der Waals surface area contributed by atoms with E-state index in [0.29, 0.717) is 11.1 Å². The molecule has 0 aliphatic heterocycles. The third-order valence-corrected chi connectivity index (χ3v) is 6.54. The molecule has 34 heavy (non-hydrogen) atoms. The molecule has 0 amide bonds. The van der Waals surface area contributed by atoms with Crippen LogP contribution in [0.2, 0.25) is 0 Å². The average molecular weight is 470 g/mol. The Morgan fingerprint density at radius 1 is 0.471 bits per heavy atom. The second-order valence-corrected chi connectivity index (χ2v) is 8.61. The van der Waals surface area contributed by atoms with Crippen molar-refractivity contribution in [2.45, 2.75) is 38.0 Å². The van der Waals surface area contributed by atoms with Gasteiger partial charge >= 0.3 is 12.4 Å². The van der Waals surface area contributed by atoms with Crippen LogP contribution < -0.4 is 0 Å². The SMILES string of the molecule is FC(F)(F)c1ccc(-c2c3c(c4ccccc4c2-c2ccc(C(F)(F)F)cc2)CCCC3)cc1. The fourth-order valence-electron chi connectivity index (χ4n) is 5.00. The van der Waals surface area contributed by atoms with Crippen molar-refractivity contribution in [1.82, 2.24) is 0 Å². The lowest BCUT2D eigenvalue weighted by molar-refractivity contribution is -0.138. The molecule has 0 atom stereocenters. The topological polar surface area (TPSA) is 0 Å². The number of aryl methyl sites for hydroxylation is 1. The number of fused-ring (bicyclic) bond motifs is 3. The van der Waals surface area contributed by atoms with Gasteiger partial charge in [0.05, 0.1) is 11.1 Å². The zero-order valence-electron chi connectivity index (χ0n) is 18.0. The van der Waals surface area contributed by atoms with Gasteiger partial charge in [-0.05, 0) is 94.1 Å². The number of halogens is 6. The van der Waals surface area contributed by atoms with Crippen molar-refractivity contribution in [3.63, 3.8) is 0 Å². The molecule has 0 heterocycles. The van der Waals surface area contributed by atoms with Crippen molar-refractivity contribution < 1.29 is 26.3 Å². The highest BCUT2D eigenvalue weighted by molar-refractivity contribution is 6.07. The first-order valence-corrected chi connectivity index (χ1v) is 11.1. The Kier molecular flexibility index (Phi) is 5.42. The van der Waals surface area contributed by atoms with E-state index in [0.717, 1.165) is 77.4 Å². The van der Waals surface area contributed by atoms with E-state index in [2.05, 4.69) is 0 Å². The molecule has 0 aromatic heterocycles. The van der Waals surface area contributed by atoms with Gasteiger partial charge in [0.15, 0.2) is 0 Å². The minimum absolute atomic E-state index is 0.604. The fourth-order valence-corrected chi connectivity index (χ4v) is 5.00. The van der Waals surface area contributed by atoms with E-state index in [1.165, 1.54) is 29.8 Å². The monoisotopic (exact) mass is 470 g/mol. The normalized spacial score (nSPS) is 14.3. The first kappa shape index (κ1) is 22.5. The summed E-state index contributed by atoms with van der Waals surface area (Å²) in [5.74, 6) is 0. The van der Waals surface area contributed by atoms with Gasteiger partial charge in [-0.25, -0.2) is 0 Å². The summed E-state index contributed by atoms with van der Waals surface area (Å²) in [6.45, 7) is 0. The molecule has 0 saturated carbocycles. The highest BCUT2D eigenvalue weighted by Crippen LogP contribution is 2.46. The Bertz CT molecular complexity index is 1340. The molecule has 4 aromatic carbocycles. The molecule has 0 bridgehead atoms. The van der Waals surface area contributed by atoms with Gasteiger partial charge in [-0.15, -0.1) is 0 Å². The van der Waals surface area contributed by atoms with Gasteiger partial charge in [-0.1, -0.05) is 48.5 Å².